The highest BCUT2D eigenvalue weighted by molar-refractivity contribution is 7.16. The standard InChI is InChI=1S/C32H28N2O2S/c1-2-3-4-5-10-23-19-26(20-24(21-33)32(35)36)37-31(23)22-15-17-25(18-16-22)34-29-13-8-6-11-27(29)28-12-7-9-14-30(28)34/h6-9,11-20H,2-5,10H2,1H3,(H,35,36)/b24-20+. The summed E-state index contributed by atoms with van der Waals surface area (Å²) in [5.41, 5.74) is 5.52. The zero-order valence-electron chi connectivity index (χ0n) is 20.8. The molecule has 1 N–H and O–H groups in total. The van der Waals surface area contributed by atoms with Crippen LogP contribution in [0.25, 0.3) is 44.0 Å². The van der Waals surface area contributed by atoms with Gasteiger partial charge in [0.05, 0.1) is 11.0 Å². The maximum atomic E-state index is 11.4. The number of carboxylic acids is 1. The van der Waals surface area contributed by atoms with E-state index in [0.29, 0.717) is 0 Å². The fourth-order valence-corrected chi connectivity index (χ4v) is 6.10. The van der Waals surface area contributed by atoms with Crippen LogP contribution in [0.1, 0.15) is 43.0 Å². The Kier molecular flexibility index (Phi) is 7.20. The molecule has 0 saturated heterocycles. The molecule has 2 aromatic heterocycles. The predicted octanol–water partition coefficient (Wildman–Crippen LogP) is 8.63. The normalized spacial score (nSPS) is 11.7. The lowest BCUT2D eigenvalue weighted by Gasteiger charge is -2.10. The smallest absolute Gasteiger partial charge is 0.346 e. The van der Waals surface area contributed by atoms with E-state index in [2.05, 4.69) is 84.3 Å². The van der Waals surface area contributed by atoms with Gasteiger partial charge in [0.1, 0.15) is 11.6 Å². The average molecular weight is 505 g/mol. The highest BCUT2D eigenvalue weighted by Crippen LogP contribution is 2.37. The predicted molar refractivity (Wildman–Crippen MR) is 153 cm³/mol. The summed E-state index contributed by atoms with van der Waals surface area (Å²) in [5.74, 6) is -1.20. The van der Waals surface area contributed by atoms with Crippen LogP contribution in [-0.4, -0.2) is 15.6 Å². The van der Waals surface area contributed by atoms with E-state index in [4.69, 9.17) is 0 Å². The molecule has 3 aromatic carbocycles. The van der Waals surface area contributed by atoms with Crippen molar-refractivity contribution in [2.75, 3.05) is 0 Å². The van der Waals surface area contributed by atoms with Crippen LogP contribution < -0.4 is 0 Å². The largest absolute Gasteiger partial charge is 0.477 e. The first kappa shape index (κ1) is 24.5. The molecule has 0 unspecified atom stereocenters. The van der Waals surface area contributed by atoms with Crippen molar-refractivity contribution in [1.82, 2.24) is 4.57 Å². The number of hydrogen-bond donors (Lipinski definition) is 1. The van der Waals surface area contributed by atoms with Crippen LogP contribution in [0.2, 0.25) is 0 Å². The van der Waals surface area contributed by atoms with Crippen LogP contribution in [0.15, 0.2) is 84.4 Å². The second-order valence-corrected chi connectivity index (χ2v) is 10.3. The molecule has 0 amide bonds. The number of rotatable bonds is 9. The van der Waals surface area contributed by atoms with Crippen LogP contribution in [-0.2, 0) is 11.2 Å². The number of unbranched alkanes of at least 4 members (excludes halogenated alkanes) is 3. The molecule has 0 aliphatic rings. The number of nitrogens with zero attached hydrogens (tertiary/aromatic N) is 2. The van der Waals surface area contributed by atoms with Gasteiger partial charge in [0.25, 0.3) is 0 Å². The number of hydrogen-bond acceptors (Lipinski definition) is 3. The minimum Gasteiger partial charge on any atom is -0.477 e. The van der Waals surface area contributed by atoms with E-state index in [-0.39, 0.29) is 5.57 Å². The molecule has 0 spiro atoms. The summed E-state index contributed by atoms with van der Waals surface area (Å²) in [6, 6.07) is 29.4. The van der Waals surface area contributed by atoms with Crippen molar-refractivity contribution in [3.05, 3.63) is 94.9 Å². The Hall–Kier alpha value is -4.14. The molecule has 5 heteroatoms. The first-order chi connectivity index (χ1) is 18.1. The number of aliphatic carboxylic acids is 1. The third kappa shape index (κ3) is 4.94. The van der Waals surface area contributed by atoms with Gasteiger partial charge < -0.3 is 9.67 Å². The van der Waals surface area contributed by atoms with Gasteiger partial charge in [-0.1, -0.05) is 74.7 Å². The molecule has 4 nitrogen and oxygen atoms in total. The van der Waals surface area contributed by atoms with Gasteiger partial charge in [-0.15, -0.1) is 11.3 Å². The number of carbonyl (C=O) groups is 1. The van der Waals surface area contributed by atoms with Gasteiger partial charge in [-0.2, -0.15) is 5.26 Å². The Bertz CT molecular complexity index is 1600. The molecule has 0 aliphatic carbocycles. The van der Waals surface area contributed by atoms with E-state index >= 15 is 0 Å². The van der Waals surface area contributed by atoms with Gasteiger partial charge in [-0.3, -0.25) is 0 Å². The zero-order chi connectivity index (χ0) is 25.8. The van der Waals surface area contributed by atoms with Crippen molar-refractivity contribution in [3.8, 4) is 22.2 Å². The maximum Gasteiger partial charge on any atom is 0.346 e. The second-order valence-electron chi connectivity index (χ2n) is 9.21. The van der Waals surface area contributed by atoms with Gasteiger partial charge in [0.15, 0.2) is 0 Å². The first-order valence-electron chi connectivity index (χ1n) is 12.7. The van der Waals surface area contributed by atoms with Gasteiger partial charge in [-0.05, 0) is 60.4 Å². The number of para-hydroxylation sites is 2. The number of aromatic nitrogens is 1. The topological polar surface area (TPSA) is 66.0 Å². The van der Waals surface area contributed by atoms with Crippen LogP contribution in [0.5, 0.6) is 0 Å². The first-order valence-corrected chi connectivity index (χ1v) is 13.5. The van der Waals surface area contributed by atoms with E-state index in [9.17, 15) is 15.2 Å². The van der Waals surface area contributed by atoms with E-state index in [0.717, 1.165) is 33.8 Å². The summed E-state index contributed by atoms with van der Waals surface area (Å²) in [6.45, 7) is 2.20. The zero-order valence-corrected chi connectivity index (χ0v) is 21.6. The van der Waals surface area contributed by atoms with Crippen molar-refractivity contribution in [2.45, 2.75) is 39.0 Å². The fraction of sp³-hybridized carbons (Fsp3) is 0.188. The lowest BCUT2D eigenvalue weighted by Crippen LogP contribution is -1.96. The molecule has 2 heterocycles. The number of carboxylic acid groups (broad SMARTS) is 1. The molecule has 0 fully saturated rings. The number of nitriles is 1. The van der Waals surface area contributed by atoms with E-state index in [1.807, 2.05) is 6.07 Å². The highest BCUT2D eigenvalue weighted by atomic mass is 32.1. The number of thiophene rings is 1. The number of aryl methyl sites for hydroxylation is 1. The summed E-state index contributed by atoms with van der Waals surface area (Å²) in [5, 5.41) is 21.0. The molecular formula is C32H28N2O2S. The van der Waals surface area contributed by atoms with Gasteiger partial charge in [0.2, 0.25) is 0 Å². The summed E-state index contributed by atoms with van der Waals surface area (Å²) >= 11 is 1.55. The van der Waals surface area contributed by atoms with Gasteiger partial charge in [0, 0.05) is 26.2 Å². The molecule has 0 aliphatic heterocycles. The van der Waals surface area contributed by atoms with Crippen molar-refractivity contribution in [2.24, 2.45) is 0 Å². The quantitative estimate of drug-likeness (QED) is 0.124. The summed E-state index contributed by atoms with van der Waals surface area (Å²) in [6.07, 6.45) is 7.06. The molecule has 37 heavy (non-hydrogen) atoms. The van der Waals surface area contributed by atoms with Crippen LogP contribution in [0.4, 0.5) is 0 Å². The minimum absolute atomic E-state index is 0.243. The molecule has 184 valence electrons. The third-order valence-corrected chi connectivity index (χ3v) is 7.91. The lowest BCUT2D eigenvalue weighted by molar-refractivity contribution is -0.132. The lowest BCUT2D eigenvalue weighted by atomic mass is 10.0. The fourth-order valence-electron chi connectivity index (χ4n) is 4.94. The van der Waals surface area contributed by atoms with E-state index in [1.54, 1.807) is 17.4 Å². The Morgan fingerprint density at radius 2 is 1.59 bits per heavy atom. The van der Waals surface area contributed by atoms with Crippen molar-refractivity contribution in [1.29, 1.82) is 5.26 Å². The maximum absolute atomic E-state index is 11.4. The molecule has 5 aromatic rings. The Morgan fingerprint density at radius 1 is 0.946 bits per heavy atom. The van der Waals surface area contributed by atoms with E-state index < -0.39 is 5.97 Å². The van der Waals surface area contributed by atoms with E-state index in [1.165, 1.54) is 52.7 Å². The summed E-state index contributed by atoms with van der Waals surface area (Å²) in [4.78, 5) is 13.3. The van der Waals surface area contributed by atoms with Crippen molar-refractivity contribution in [3.63, 3.8) is 0 Å². The van der Waals surface area contributed by atoms with Crippen LogP contribution >= 0.6 is 11.3 Å². The molecule has 5 rings (SSSR count). The molecule has 0 bridgehead atoms. The third-order valence-electron chi connectivity index (χ3n) is 6.73. The molecule has 0 saturated carbocycles. The van der Waals surface area contributed by atoms with Crippen molar-refractivity contribution < 1.29 is 9.90 Å². The Labute approximate surface area is 220 Å². The molecule has 0 radical (unpaired) electrons. The van der Waals surface area contributed by atoms with Crippen LogP contribution in [0, 0.1) is 11.3 Å². The Morgan fingerprint density at radius 3 is 2.19 bits per heavy atom. The monoisotopic (exact) mass is 504 g/mol. The van der Waals surface area contributed by atoms with Gasteiger partial charge >= 0.3 is 5.97 Å². The number of benzene rings is 3. The van der Waals surface area contributed by atoms with Crippen molar-refractivity contribution >= 4 is 45.2 Å². The minimum atomic E-state index is -1.20. The second kappa shape index (κ2) is 10.9. The van der Waals surface area contributed by atoms with Gasteiger partial charge in [-0.25, -0.2) is 4.79 Å². The summed E-state index contributed by atoms with van der Waals surface area (Å²) in [7, 11) is 0. The SMILES string of the molecule is CCCCCCc1cc(/C=C(\C#N)C(=O)O)sc1-c1ccc(-n2c3ccccc3c3ccccc32)cc1. The number of fused-ring (bicyclic) bond motifs is 3. The molecule has 0 atom stereocenters. The van der Waals surface area contributed by atoms with Crippen LogP contribution in [0.3, 0.4) is 0 Å². The Balaban J connectivity index is 1.55. The molecular weight excluding hydrogens is 476 g/mol. The average Bonchev–Trinajstić information content (AvgIpc) is 3.48. The highest BCUT2D eigenvalue weighted by Gasteiger charge is 2.15. The summed E-state index contributed by atoms with van der Waals surface area (Å²) < 4.78 is 2.30.